The number of H-pyrrole nitrogens is 1. The number of rotatable bonds is 7. The van der Waals surface area contributed by atoms with Crippen molar-refractivity contribution < 1.29 is 30.4 Å². The Morgan fingerprint density at radius 2 is 1.54 bits per heavy atom. The summed E-state index contributed by atoms with van der Waals surface area (Å²) in [5.41, 5.74) is -3.62. The first-order valence-electron chi connectivity index (χ1n) is 11.6. The van der Waals surface area contributed by atoms with E-state index in [2.05, 4.69) is 34.9 Å². The van der Waals surface area contributed by atoms with Gasteiger partial charge in [-0.3, -0.25) is 0 Å². The molecule has 0 fully saturated rings. The molecule has 0 aliphatic heterocycles. The van der Waals surface area contributed by atoms with Crippen molar-refractivity contribution in [2.24, 2.45) is 0 Å². The first-order chi connectivity index (χ1) is 19.3. The van der Waals surface area contributed by atoms with Gasteiger partial charge in [-0.1, -0.05) is 0 Å². The summed E-state index contributed by atoms with van der Waals surface area (Å²) in [4.78, 5) is 19.8. The Morgan fingerprint density at radius 1 is 0.927 bits per heavy atom. The number of aromatic amines is 1. The molecule has 5 rings (SSSR count). The fourth-order valence-corrected chi connectivity index (χ4v) is 10.6. The third kappa shape index (κ3) is 5.08. The van der Waals surface area contributed by atoms with Gasteiger partial charge in [0.2, 0.25) is 0 Å². The van der Waals surface area contributed by atoms with Crippen molar-refractivity contribution in [2.45, 2.75) is 18.4 Å². The summed E-state index contributed by atoms with van der Waals surface area (Å²) in [7, 11) is -4.33. The van der Waals surface area contributed by atoms with E-state index in [4.69, 9.17) is 0 Å². The zero-order valence-corrected chi connectivity index (χ0v) is 24.1. The van der Waals surface area contributed by atoms with Gasteiger partial charge in [0, 0.05) is 0 Å². The van der Waals surface area contributed by atoms with E-state index in [0.717, 1.165) is 16.6 Å². The first kappa shape index (κ1) is 29.0. The van der Waals surface area contributed by atoms with Crippen molar-refractivity contribution in [3.8, 4) is 0 Å². The van der Waals surface area contributed by atoms with Gasteiger partial charge < -0.3 is 0 Å². The van der Waals surface area contributed by atoms with Gasteiger partial charge in [-0.25, -0.2) is 0 Å². The number of hydrogen-bond acceptors (Lipinski definition) is 5. The van der Waals surface area contributed by atoms with Crippen molar-refractivity contribution in [3.05, 3.63) is 112 Å². The Morgan fingerprint density at radius 3 is 2.20 bits per heavy atom. The minimum absolute atomic E-state index is 0.0107. The van der Waals surface area contributed by atoms with Gasteiger partial charge in [-0.05, 0) is 0 Å². The average Bonchev–Trinajstić information content (AvgIpc) is 3.43. The molecule has 2 aromatic heterocycles. The number of nitrogens with zero attached hydrogens (tertiary/aromatic N) is 3. The molecule has 3 aromatic carbocycles. The summed E-state index contributed by atoms with van der Waals surface area (Å²) < 4.78 is 103. The van der Waals surface area contributed by atoms with Crippen LogP contribution in [0.5, 0.6) is 0 Å². The molecule has 0 aliphatic rings. The molecule has 212 valence electrons. The van der Waals surface area contributed by atoms with E-state index in [1.807, 2.05) is 0 Å². The van der Waals surface area contributed by atoms with Crippen LogP contribution in [0.3, 0.4) is 0 Å². The molecule has 0 spiro atoms. The molecular formula is C25H17F5N5O3PSSe. The number of halogens is 5. The minimum atomic E-state index is -4.33. The number of fused-ring (bicyclic) bond motifs is 1. The predicted molar refractivity (Wildman–Crippen MR) is 143 cm³/mol. The van der Waals surface area contributed by atoms with Crippen LogP contribution < -0.4 is 26.2 Å². The zero-order chi connectivity index (χ0) is 29.7. The van der Waals surface area contributed by atoms with Crippen molar-refractivity contribution in [3.63, 3.8) is 0 Å². The van der Waals surface area contributed by atoms with Crippen LogP contribution in [-0.4, -0.2) is 43.1 Å². The van der Waals surface area contributed by atoms with E-state index in [1.165, 1.54) is 36.7 Å². The van der Waals surface area contributed by atoms with Crippen molar-refractivity contribution in [1.29, 1.82) is 0 Å². The van der Waals surface area contributed by atoms with Crippen molar-refractivity contribution in [1.82, 2.24) is 24.3 Å². The standard InChI is InChI=1S/C25H17F5N5O3PSSe/c1-13-4-2-5-15(8-13)39(41,24-22(29)20(27)19(26)21(28)23(24)30)16-6-3-7-17(10-16)40(37,38)33-11-14-9-18(36)35-25(34-14)31-12-32-35/h2-10,12,33H,11H2,1H3,(H,31,32,34). The van der Waals surface area contributed by atoms with Crippen LogP contribution in [0.4, 0.5) is 22.0 Å². The number of sulfonamides is 1. The Balaban J connectivity index is 1.63. The molecule has 0 aliphatic carbocycles. The summed E-state index contributed by atoms with van der Waals surface area (Å²) in [6.07, 6.45) is 1.24. The van der Waals surface area contributed by atoms with Gasteiger partial charge in [0.05, 0.1) is 0 Å². The molecule has 2 heterocycles. The van der Waals surface area contributed by atoms with E-state index in [-0.39, 0.29) is 27.0 Å². The molecule has 0 saturated heterocycles. The van der Waals surface area contributed by atoms with Crippen LogP contribution in [0.1, 0.15) is 11.3 Å². The van der Waals surface area contributed by atoms with Gasteiger partial charge in [-0.15, -0.1) is 0 Å². The molecule has 0 amide bonds. The zero-order valence-electron chi connectivity index (χ0n) is 20.7. The van der Waals surface area contributed by atoms with E-state index in [1.54, 1.807) is 19.1 Å². The molecule has 8 nitrogen and oxygen atoms in total. The van der Waals surface area contributed by atoms with Crippen molar-refractivity contribution >= 4 is 52.3 Å². The Kier molecular flexibility index (Phi) is 7.60. The summed E-state index contributed by atoms with van der Waals surface area (Å²) in [5, 5.41) is 1.67. The third-order valence-corrected chi connectivity index (χ3v) is 14.4. The normalized spacial score (nSPS) is 13.4. The van der Waals surface area contributed by atoms with E-state index < -0.39 is 62.0 Å². The van der Waals surface area contributed by atoms with Crippen LogP contribution >= 0.6 is 5.51 Å². The Bertz CT molecular complexity index is 2040. The number of hydrogen-bond donors (Lipinski definition) is 2. The van der Waals surface area contributed by atoms with Gasteiger partial charge in [0.25, 0.3) is 0 Å². The molecule has 16 heteroatoms. The maximum absolute atomic E-state index is 15.2. The second-order valence-electron chi connectivity index (χ2n) is 8.80. The second-order valence-corrected chi connectivity index (χ2v) is 16.7. The summed E-state index contributed by atoms with van der Waals surface area (Å²) >= 11 is 2.68. The SMILES string of the molecule is Cc1cccc(P(=[Se])(c2cccc(S(=O)(=O)NCc3cc(=O)n4[nH]cnc4n3)c2)c2c(F)c(F)c(F)c(F)c2F)c1. The average molecular weight is 672 g/mol. The molecule has 0 saturated carbocycles. The number of aromatic nitrogens is 4. The number of nitrogens with one attached hydrogen (secondary N) is 2. The van der Waals surface area contributed by atoms with Gasteiger partial charge in [0.1, 0.15) is 0 Å². The molecule has 1 unspecified atom stereocenters. The maximum atomic E-state index is 15.2. The fraction of sp³-hybridized carbons (Fsp3) is 0.0800. The molecular weight excluding hydrogens is 655 g/mol. The van der Waals surface area contributed by atoms with Crippen LogP contribution in [0.25, 0.3) is 5.78 Å². The van der Waals surface area contributed by atoms with Crippen LogP contribution in [0, 0.1) is 36.0 Å². The molecule has 2 N–H and O–H groups in total. The van der Waals surface area contributed by atoms with Crippen molar-refractivity contribution in [2.75, 3.05) is 0 Å². The molecule has 1 atom stereocenters. The van der Waals surface area contributed by atoms with Crippen LogP contribution in [0.15, 0.2) is 70.6 Å². The number of aryl methyl sites for hydroxylation is 1. The van der Waals surface area contributed by atoms with Gasteiger partial charge >= 0.3 is 237 Å². The quantitative estimate of drug-likeness (QED) is 0.0908. The summed E-state index contributed by atoms with van der Waals surface area (Å²) in [6.45, 7) is 1.27. The van der Waals surface area contributed by atoms with Crippen LogP contribution in [-0.2, 0) is 16.6 Å². The summed E-state index contributed by atoms with van der Waals surface area (Å²) in [6, 6.07) is 12.3. The first-order valence-corrected chi connectivity index (χ1v) is 17.0. The molecule has 5 aromatic rings. The fourth-order valence-electron chi connectivity index (χ4n) is 4.16. The van der Waals surface area contributed by atoms with E-state index >= 15 is 8.78 Å². The number of benzene rings is 3. The van der Waals surface area contributed by atoms with E-state index in [9.17, 15) is 26.4 Å². The molecule has 41 heavy (non-hydrogen) atoms. The third-order valence-electron chi connectivity index (χ3n) is 6.12. The van der Waals surface area contributed by atoms with Gasteiger partial charge in [-0.2, -0.15) is 0 Å². The summed E-state index contributed by atoms with van der Waals surface area (Å²) in [5.74, 6) is -10.6. The topological polar surface area (TPSA) is 109 Å². The Hall–Kier alpha value is -3.48. The van der Waals surface area contributed by atoms with Crippen LogP contribution in [0.2, 0.25) is 0 Å². The van der Waals surface area contributed by atoms with E-state index in [0.29, 0.717) is 5.56 Å². The monoisotopic (exact) mass is 673 g/mol. The molecule has 0 radical (unpaired) electrons. The Labute approximate surface area is 236 Å². The predicted octanol–water partition coefficient (Wildman–Crippen LogP) is 2.28. The second kappa shape index (κ2) is 10.7. The molecule has 0 bridgehead atoms. The van der Waals surface area contributed by atoms with Gasteiger partial charge in [0.15, 0.2) is 0 Å².